The molecule has 0 aliphatic heterocycles. The van der Waals surface area contributed by atoms with Crippen LogP contribution in [0.4, 0.5) is 0 Å². The van der Waals surface area contributed by atoms with Crippen molar-refractivity contribution < 1.29 is 4.79 Å². The number of ketones is 1. The Bertz CT molecular complexity index is 706. The summed E-state index contributed by atoms with van der Waals surface area (Å²) in [6.07, 6.45) is 3.92. The summed E-state index contributed by atoms with van der Waals surface area (Å²) in [6, 6.07) is 17.9. The maximum Gasteiger partial charge on any atom is 0.187 e. The standard InChI is InChI=1S/C23H29NO/c1-5-6-16-24-21(17-22(25)19-10-8-7-9-11-19)18-12-14-20(15-13-18)23(2,3)4/h7-15,17,24H,5-6,16H2,1-4H3/b21-17-. The second-order valence-electron chi connectivity index (χ2n) is 7.40. The first-order chi connectivity index (χ1) is 11.9. The largest absolute Gasteiger partial charge is 0.384 e. The van der Waals surface area contributed by atoms with Gasteiger partial charge in [0.15, 0.2) is 5.78 Å². The van der Waals surface area contributed by atoms with Gasteiger partial charge in [-0.2, -0.15) is 0 Å². The van der Waals surface area contributed by atoms with E-state index in [-0.39, 0.29) is 11.2 Å². The molecule has 2 heteroatoms. The van der Waals surface area contributed by atoms with Gasteiger partial charge in [-0.25, -0.2) is 0 Å². The van der Waals surface area contributed by atoms with Crippen LogP contribution in [0.15, 0.2) is 60.7 Å². The Balaban J connectivity index is 2.29. The van der Waals surface area contributed by atoms with Crippen LogP contribution >= 0.6 is 0 Å². The van der Waals surface area contributed by atoms with E-state index >= 15 is 0 Å². The Kier molecular flexibility index (Phi) is 6.58. The van der Waals surface area contributed by atoms with Crippen LogP contribution in [0.1, 0.15) is 62.0 Å². The molecule has 2 aromatic carbocycles. The van der Waals surface area contributed by atoms with E-state index in [0.717, 1.165) is 30.6 Å². The maximum absolute atomic E-state index is 12.6. The molecule has 0 saturated heterocycles. The lowest BCUT2D eigenvalue weighted by atomic mass is 9.86. The fourth-order valence-electron chi connectivity index (χ4n) is 2.60. The SMILES string of the molecule is CCCCN/C(=C\C(=O)c1ccccc1)c1ccc(C(C)(C)C)cc1. The Labute approximate surface area is 152 Å². The van der Waals surface area contributed by atoms with E-state index in [1.165, 1.54) is 5.56 Å². The van der Waals surface area contributed by atoms with E-state index in [2.05, 4.69) is 57.3 Å². The van der Waals surface area contributed by atoms with Crippen molar-refractivity contribution in [3.05, 3.63) is 77.4 Å². The molecule has 0 spiro atoms. The van der Waals surface area contributed by atoms with E-state index in [4.69, 9.17) is 0 Å². The topological polar surface area (TPSA) is 29.1 Å². The molecule has 0 saturated carbocycles. The van der Waals surface area contributed by atoms with Gasteiger partial charge < -0.3 is 5.32 Å². The summed E-state index contributed by atoms with van der Waals surface area (Å²) in [5.41, 5.74) is 4.07. The highest BCUT2D eigenvalue weighted by atomic mass is 16.1. The highest BCUT2D eigenvalue weighted by Crippen LogP contribution is 2.24. The number of nitrogens with one attached hydrogen (secondary N) is 1. The average molecular weight is 335 g/mol. The molecule has 0 amide bonds. The van der Waals surface area contributed by atoms with E-state index in [9.17, 15) is 4.79 Å². The van der Waals surface area contributed by atoms with Crippen LogP contribution < -0.4 is 5.32 Å². The van der Waals surface area contributed by atoms with Gasteiger partial charge in [-0.05, 0) is 23.0 Å². The Morgan fingerprint density at radius 2 is 1.60 bits per heavy atom. The van der Waals surface area contributed by atoms with Crippen molar-refractivity contribution in [3.8, 4) is 0 Å². The molecule has 0 aromatic heterocycles. The smallest absolute Gasteiger partial charge is 0.187 e. The molecule has 2 nitrogen and oxygen atoms in total. The van der Waals surface area contributed by atoms with Crippen molar-refractivity contribution in [2.24, 2.45) is 0 Å². The third-order valence-electron chi connectivity index (χ3n) is 4.24. The van der Waals surface area contributed by atoms with Crippen molar-refractivity contribution in [1.82, 2.24) is 5.32 Å². The summed E-state index contributed by atoms with van der Waals surface area (Å²) >= 11 is 0. The molecule has 0 aliphatic rings. The van der Waals surface area contributed by atoms with Gasteiger partial charge in [0.05, 0.1) is 0 Å². The van der Waals surface area contributed by atoms with Gasteiger partial charge in [-0.1, -0.05) is 88.7 Å². The summed E-state index contributed by atoms with van der Waals surface area (Å²) < 4.78 is 0. The first-order valence-electron chi connectivity index (χ1n) is 9.07. The summed E-state index contributed by atoms with van der Waals surface area (Å²) in [4.78, 5) is 12.6. The van der Waals surface area contributed by atoms with Crippen molar-refractivity contribution >= 4 is 11.5 Å². The molecule has 0 bridgehead atoms. The zero-order valence-electron chi connectivity index (χ0n) is 15.8. The Morgan fingerprint density at radius 3 is 2.16 bits per heavy atom. The van der Waals surface area contributed by atoms with Crippen LogP contribution in [0, 0.1) is 0 Å². The van der Waals surface area contributed by atoms with Crippen molar-refractivity contribution in [2.75, 3.05) is 6.54 Å². The number of hydrogen-bond acceptors (Lipinski definition) is 2. The highest BCUT2D eigenvalue weighted by Gasteiger charge is 2.14. The molecule has 2 aromatic rings. The summed E-state index contributed by atoms with van der Waals surface area (Å²) in [7, 11) is 0. The number of carbonyl (C=O) groups is 1. The second kappa shape index (κ2) is 8.66. The molecule has 0 heterocycles. The van der Waals surface area contributed by atoms with Crippen molar-refractivity contribution in [3.63, 3.8) is 0 Å². The number of allylic oxidation sites excluding steroid dienone is 1. The third kappa shape index (κ3) is 5.60. The first-order valence-corrected chi connectivity index (χ1v) is 9.07. The molecule has 0 atom stereocenters. The quantitative estimate of drug-likeness (QED) is 0.405. The minimum atomic E-state index is 0.0273. The number of hydrogen-bond donors (Lipinski definition) is 1. The van der Waals surface area contributed by atoms with Crippen LogP contribution in [-0.4, -0.2) is 12.3 Å². The lowest BCUT2D eigenvalue weighted by Crippen LogP contribution is -2.16. The second-order valence-corrected chi connectivity index (χ2v) is 7.40. The Morgan fingerprint density at radius 1 is 0.960 bits per heavy atom. The maximum atomic E-state index is 12.6. The number of rotatable bonds is 7. The minimum Gasteiger partial charge on any atom is -0.384 e. The number of benzene rings is 2. The highest BCUT2D eigenvalue weighted by molar-refractivity contribution is 6.08. The minimum absolute atomic E-state index is 0.0273. The lowest BCUT2D eigenvalue weighted by molar-refractivity contribution is 0.104. The van der Waals surface area contributed by atoms with Crippen molar-refractivity contribution in [2.45, 2.75) is 46.0 Å². The first kappa shape index (κ1) is 19.0. The normalized spacial score (nSPS) is 12.1. The van der Waals surface area contributed by atoms with Gasteiger partial charge in [0.1, 0.15) is 0 Å². The van der Waals surface area contributed by atoms with Gasteiger partial charge in [0, 0.05) is 23.9 Å². The van der Waals surface area contributed by atoms with Crippen LogP contribution in [-0.2, 0) is 5.41 Å². The van der Waals surface area contributed by atoms with Crippen LogP contribution in [0.2, 0.25) is 0 Å². The fourth-order valence-corrected chi connectivity index (χ4v) is 2.60. The predicted molar refractivity (Wildman–Crippen MR) is 107 cm³/mol. The van der Waals surface area contributed by atoms with Gasteiger partial charge in [-0.3, -0.25) is 4.79 Å². The monoisotopic (exact) mass is 335 g/mol. The molecule has 25 heavy (non-hydrogen) atoms. The molecule has 0 radical (unpaired) electrons. The number of unbranched alkanes of at least 4 members (excludes halogenated alkanes) is 1. The van der Waals surface area contributed by atoms with E-state index < -0.39 is 0 Å². The summed E-state index contributed by atoms with van der Waals surface area (Å²) in [5, 5.41) is 3.44. The van der Waals surface area contributed by atoms with Gasteiger partial charge in [0.25, 0.3) is 0 Å². The van der Waals surface area contributed by atoms with E-state index in [0.29, 0.717) is 5.56 Å². The molecule has 1 N–H and O–H groups in total. The van der Waals surface area contributed by atoms with E-state index in [1.807, 2.05) is 30.3 Å². The zero-order valence-corrected chi connectivity index (χ0v) is 15.8. The van der Waals surface area contributed by atoms with Crippen LogP contribution in [0.25, 0.3) is 5.70 Å². The van der Waals surface area contributed by atoms with Gasteiger partial charge >= 0.3 is 0 Å². The average Bonchev–Trinajstić information content (AvgIpc) is 2.61. The van der Waals surface area contributed by atoms with Crippen molar-refractivity contribution in [1.29, 1.82) is 0 Å². The van der Waals surface area contributed by atoms with Gasteiger partial charge in [0.2, 0.25) is 0 Å². The fraction of sp³-hybridized carbons (Fsp3) is 0.348. The number of carbonyl (C=O) groups excluding carboxylic acids is 1. The van der Waals surface area contributed by atoms with E-state index in [1.54, 1.807) is 6.08 Å². The molecule has 2 rings (SSSR count). The molecular weight excluding hydrogens is 306 g/mol. The molecular formula is C23H29NO. The summed E-state index contributed by atoms with van der Waals surface area (Å²) in [6.45, 7) is 9.65. The zero-order chi connectivity index (χ0) is 18.3. The van der Waals surface area contributed by atoms with Crippen LogP contribution in [0.5, 0.6) is 0 Å². The Hall–Kier alpha value is -2.35. The van der Waals surface area contributed by atoms with Gasteiger partial charge in [-0.15, -0.1) is 0 Å². The summed E-state index contributed by atoms with van der Waals surface area (Å²) in [5.74, 6) is 0.0273. The lowest BCUT2D eigenvalue weighted by Gasteiger charge is -2.20. The molecule has 132 valence electrons. The predicted octanol–water partition coefficient (Wildman–Crippen LogP) is 5.60. The molecule has 0 aliphatic carbocycles. The van der Waals surface area contributed by atoms with Crippen LogP contribution in [0.3, 0.4) is 0 Å². The third-order valence-corrected chi connectivity index (χ3v) is 4.24. The molecule has 0 unspecified atom stereocenters. The molecule has 0 fully saturated rings.